The molecule has 0 saturated heterocycles. The van der Waals surface area contributed by atoms with Crippen LogP contribution in [0.2, 0.25) is 0 Å². The number of hydrogen-bond donors (Lipinski definition) is 0. The smallest absolute Gasteiger partial charge is 0.253 e. The van der Waals surface area contributed by atoms with Crippen molar-refractivity contribution in [2.45, 2.75) is 18.0 Å². The molecule has 0 amide bonds. The third-order valence-electron chi connectivity index (χ3n) is 3.27. The number of aryl methyl sites for hydroxylation is 1. The van der Waals surface area contributed by atoms with Crippen LogP contribution in [0.15, 0.2) is 52.7 Å². The average Bonchev–Trinajstić information content (AvgIpc) is 3.26. The fraction of sp³-hybridized carbons (Fsp3) is 0.200. The lowest BCUT2D eigenvalue weighted by atomic mass is 10.2. The minimum atomic E-state index is 0.591. The number of thioether (sulfide) groups is 1. The molecule has 0 aliphatic carbocycles. The highest BCUT2D eigenvalue weighted by Crippen LogP contribution is 2.17. The van der Waals surface area contributed by atoms with Crippen LogP contribution in [-0.4, -0.2) is 40.5 Å². The number of hydrogen-bond acceptors (Lipinski definition) is 8. The van der Waals surface area contributed by atoms with Crippen LogP contribution in [0.3, 0.4) is 0 Å². The molecule has 0 aromatic carbocycles. The number of fused-ring (bicyclic) bond motifs is 1. The molecule has 0 unspecified atom stereocenters. The highest BCUT2D eigenvalue weighted by Gasteiger charge is 2.09. The zero-order valence-corrected chi connectivity index (χ0v) is 13.4. The Morgan fingerprint density at radius 1 is 1.12 bits per heavy atom. The Labute approximate surface area is 141 Å². The molecule has 0 bridgehead atoms. The van der Waals surface area contributed by atoms with Gasteiger partial charge in [0.05, 0.1) is 0 Å². The minimum absolute atomic E-state index is 0.591. The Balaban J connectivity index is 1.30. The van der Waals surface area contributed by atoms with E-state index in [2.05, 4.69) is 30.2 Å². The summed E-state index contributed by atoms with van der Waals surface area (Å²) in [6.45, 7) is 0. The summed E-state index contributed by atoms with van der Waals surface area (Å²) in [6, 6.07) is 5.53. The topological polar surface area (TPSA) is 94.9 Å². The van der Waals surface area contributed by atoms with Gasteiger partial charge in [0.25, 0.3) is 5.78 Å². The maximum Gasteiger partial charge on any atom is 0.253 e. The normalized spacial score (nSPS) is 11.2. The van der Waals surface area contributed by atoms with Crippen LogP contribution in [-0.2, 0) is 6.42 Å². The van der Waals surface area contributed by atoms with Gasteiger partial charge in [0, 0.05) is 42.5 Å². The van der Waals surface area contributed by atoms with Crippen molar-refractivity contribution < 1.29 is 4.52 Å². The predicted octanol–water partition coefficient (Wildman–Crippen LogP) is 2.29. The lowest BCUT2D eigenvalue weighted by Crippen LogP contribution is -1.90. The van der Waals surface area contributed by atoms with E-state index < -0.39 is 0 Å². The van der Waals surface area contributed by atoms with E-state index in [0.29, 0.717) is 17.5 Å². The molecule has 4 heterocycles. The molecule has 0 atom stereocenters. The van der Waals surface area contributed by atoms with E-state index in [1.807, 2.05) is 24.4 Å². The summed E-state index contributed by atoms with van der Waals surface area (Å²) < 4.78 is 6.95. The molecular weight excluding hydrogens is 326 g/mol. The highest BCUT2D eigenvalue weighted by molar-refractivity contribution is 7.99. The van der Waals surface area contributed by atoms with Crippen molar-refractivity contribution in [3.8, 4) is 11.4 Å². The molecule has 4 aromatic heterocycles. The van der Waals surface area contributed by atoms with Crippen LogP contribution >= 0.6 is 11.8 Å². The minimum Gasteiger partial charge on any atom is -0.339 e. The Morgan fingerprint density at radius 3 is 2.92 bits per heavy atom. The third kappa shape index (κ3) is 3.25. The first-order valence-electron chi connectivity index (χ1n) is 7.42. The monoisotopic (exact) mass is 339 g/mol. The molecule has 8 nitrogen and oxygen atoms in total. The summed E-state index contributed by atoms with van der Waals surface area (Å²) in [6.07, 6.45) is 8.56. The van der Waals surface area contributed by atoms with Crippen LogP contribution < -0.4 is 0 Å². The molecular formula is C15H13N7OS. The first kappa shape index (κ1) is 14.8. The number of nitrogens with zero attached hydrogens (tertiary/aromatic N) is 7. The van der Waals surface area contributed by atoms with E-state index >= 15 is 0 Å². The van der Waals surface area contributed by atoms with Crippen LogP contribution in [0.25, 0.3) is 17.2 Å². The molecule has 0 aliphatic heterocycles. The molecule has 9 heteroatoms. The lowest BCUT2D eigenvalue weighted by Gasteiger charge is -1.94. The number of aromatic nitrogens is 7. The largest absolute Gasteiger partial charge is 0.339 e. The second kappa shape index (κ2) is 6.75. The molecule has 4 rings (SSSR count). The molecule has 120 valence electrons. The predicted molar refractivity (Wildman–Crippen MR) is 87.4 cm³/mol. The van der Waals surface area contributed by atoms with Crippen LogP contribution in [0.1, 0.15) is 12.3 Å². The molecule has 0 spiro atoms. The van der Waals surface area contributed by atoms with Crippen molar-refractivity contribution in [3.05, 3.63) is 48.9 Å². The lowest BCUT2D eigenvalue weighted by molar-refractivity contribution is 0.378. The molecule has 24 heavy (non-hydrogen) atoms. The van der Waals surface area contributed by atoms with Gasteiger partial charge < -0.3 is 4.52 Å². The molecule has 0 radical (unpaired) electrons. The third-order valence-corrected chi connectivity index (χ3v) is 4.19. The van der Waals surface area contributed by atoms with Crippen LogP contribution in [0, 0.1) is 0 Å². The van der Waals surface area contributed by atoms with E-state index in [-0.39, 0.29) is 0 Å². The zero-order valence-electron chi connectivity index (χ0n) is 12.6. The van der Waals surface area contributed by atoms with E-state index in [1.165, 1.54) is 0 Å². The molecule has 0 saturated carbocycles. The summed E-state index contributed by atoms with van der Waals surface area (Å²) in [5.74, 6) is 2.70. The van der Waals surface area contributed by atoms with Gasteiger partial charge in [0.1, 0.15) is 0 Å². The van der Waals surface area contributed by atoms with Gasteiger partial charge in [-0.05, 0) is 24.6 Å². The van der Waals surface area contributed by atoms with Gasteiger partial charge in [-0.2, -0.15) is 9.97 Å². The zero-order chi connectivity index (χ0) is 16.2. The van der Waals surface area contributed by atoms with Crippen molar-refractivity contribution in [1.82, 2.24) is 34.7 Å². The summed E-state index contributed by atoms with van der Waals surface area (Å²) in [5.41, 5.74) is 0.899. The Morgan fingerprint density at radius 2 is 2.04 bits per heavy atom. The van der Waals surface area contributed by atoms with Gasteiger partial charge in [-0.15, -0.1) is 5.10 Å². The summed E-state index contributed by atoms with van der Waals surface area (Å²) in [5, 5.41) is 9.06. The van der Waals surface area contributed by atoms with E-state index in [1.54, 1.807) is 34.9 Å². The molecule has 0 fully saturated rings. The van der Waals surface area contributed by atoms with Crippen LogP contribution in [0.5, 0.6) is 0 Å². The van der Waals surface area contributed by atoms with Crippen LogP contribution in [0.4, 0.5) is 0 Å². The Bertz CT molecular complexity index is 904. The maximum atomic E-state index is 5.28. The molecule has 0 aliphatic rings. The second-order valence-corrected chi connectivity index (χ2v) is 6.02. The average molecular weight is 339 g/mol. The van der Waals surface area contributed by atoms with Crippen molar-refractivity contribution in [2.75, 3.05) is 5.75 Å². The van der Waals surface area contributed by atoms with Crippen molar-refractivity contribution in [3.63, 3.8) is 0 Å². The van der Waals surface area contributed by atoms with Gasteiger partial charge >= 0.3 is 0 Å². The maximum absolute atomic E-state index is 5.28. The van der Waals surface area contributed by atoms with Gasteiger partial charge in [0.2, 0.25) is 16.9 Å². The quantitative estimate of drug-likeness (QED) is 0.390. The fourth-order valence-electron chi connectivity index (χ4n) is 2.14. The Kier molecular flexibility index (Phi) is 4.15. The van der Waals surface area contributed by atoms with Crippen molar-refractivity contribution >= 4 is 17.5 Å². The Hall–Kier alpha value is -2.81. The molecule has 4 aromatic rings. The summed E-state index contributed by atoms with van der Waals surface area (Å²) >= 11 is 1.59. The van der Waals surface area contributed by atoms with E-state index in [0.717, 1.165) is 29.3 Å². The standard InChI is InChI=1S/C15H13N7OS/c1(10-24-15-19-14-17-6-2-9-22(14)20-15)3-12-18-13(21-23-12)11-4-7-16-8-5-11/h2,4-9H,1,3,10H2. The fourth-order valence-corrected chi connectivity index (χ4v) is 2.90. The van der Waals surface area contributed by atoms with Gasteiger partial charge in [-0.3, -0.25) is 4.98 Å². The van der Waals surface area contributed by atoms with E-state index in [9.17, 15) is 0 Å². The first-order chi connectivity index (χ1) is 11.9. The SMILES string of the molecule is c1cnc2nc(SCCCc3nc(-c4ccncc4)no3)nn2c1. The van der Waals surface area contributed by atoms with Crippen molar-refractivity contribution in [2.24, 2.45) is 0 Å². The van der Waals surface area contributed by atoms with E-state index in [4.69, 9.17) is 4.52 Å². The van der Waals surface area contributed by atoms with Crippen molar-refractivity contribution in [1.29, 1.82) is 0 Å². The number of rotatable bonds is 6. The highest BCUT2D eigenvalue weighted by atomic mass is 32.2. The summed E-state index contributed by atoms with van der Waals surface area (Å²) in [4.78, 5) is 16.9. The molecule has 0 N–H and O–H groups in total. The first-order valence-corrected chi connectivity index (χ1v) is 8.40. The second-order valence-electron chi connectivity index (χ2n) is 4.96. The van der Waals surface area contributed by atoms with Gasteiger partial charge in [0.15, 0.2) is 0 Å². The van der Waals surface area contributed by atoms with Gasteiger partial charge in [-0.1, -0.05) is 16.9 Å². The van der Waals surface area contributed by atoms with Gasteiger partial charge in [-0.25, -0.2) is 9.50 Å². The summed E-state index contributed by atoms with van der Waals surface area (Å²) in [7, 11) is 0. The number of pyridine rings is 1.